The number of hydrogen-bond donors (Lipinski definition) is 1. The molecule has 0 aliphatic carbocycles. The van der Waals surface area contributed by atoms with Crippen LogP contribution in [0.15, 0.2) is 0 Å². The highest BCUT2D eigenvalue weighted by Gasteiger charge is 2.31. The highest BCUT2D eigenvalue weighted by molar-refractivity contribution is 5.85. The summed E-state index contributed by atoms with van der Waals surface area (Å²) in [4.78, 5) is 14.1. The first kappa shape index (κ1) is 11.5. The summed E-state index contributed by atoms with van der Waals surface area (Å²) < 4.78 is 0. The average molecular weight is 198 g/mol. The van der Waals surface area contributed by atoms with Crippen LogP contribution in [0.25, 0.3) is 0 Å². The largest absolute Gasteiger partial charge is 0.341 e. The van der Waals surface area contributed by atoms with Crippen LogP contribution in [0.4, 0.5) is 0 Å². The summed E-state index contributed by atoms with van der Waals surface area (Å²) in [6.45, 7) is 8.68. The number of rotatable bonds is 3. The number of carbonyl (C=O) groups excluding carboxylic acids is 1. The number of nitrogens with one attached hydrogen (secondary N) is 1. The molecule has 1 saturated heterocycles. The van der Waals surface area contributed by atoms with Crippen LogP contribution in [0.1, 0.15) is 40.0 Å². The van der Waals surface area contributed by atoms with Gasteiger partial charge in [0.15, 0.2) is 0 Å². The van der Waals surface area contributed by atoms with Crippen molar-refractivity contribution in [3.05, 3.63) is 0 Å². The molecule has 1 rings (SSSR count). The Kier molecular flexibility index (Phi) is 3.93. The highest BCUT2D eigenvalue weighted by atomic mass is 16.2. The van der Waals surface area contributed by atoms with Gasteiger partial charge in [0.1, 0.15) is 0 Å². The molecule has 82 valence electrons. The van der Waals surface area contributed by atoms with E-state index in [0.717, 1.165) is 32.5 Å². The highest BCUT2D eigenvalue weighted by Crippen LogP contribution is 2.14. The molecular weight excluding hydrogens is 176 g/mol. The van der Waals surface area contributed by atoms with Gasteiger partial charge in [-0.25, -0.2) is 0 Å². The normalized spacial score (nSPS) is 18.4. The van der Waals surface area contributed by atoms with Gasteiger partial charge >= 0.3 is 0 Å². The Morgan fingerprint density at radius 3 is 2.36 bits per heavy atom. The van der Waals surface area contributed by atoms with Crippen LogP contribution in [0, 0.1) is 0 Å². The van der Waals surface area contributed by atoms with E-state index >= 15 is 0 Å². The fourth-order valence-corrected chi connectivity index (χ4v) is 2.01. The van der Waals surface area contributed by atoms with Crippen LogP contribution in [-0.4, -0.2) is 36.0 Å². The van der Waals surface area contributed by atoms with Gasteiger partial charge in [0.2, 0.25) is 5.91 Å². The molecule has 1 amide bonds. The molecule has 0 aromatic heterocycles. The molecule has 1 fully saturated rings. The van der Waals surface area contributed by atoms with Crippen molar-refractivity contribution in [3.8, 4) is 0 Å². The minimum Gasteiger partial charge on any atom is -0.341 e. The van der Waals surface area contributed by atoms with E-state index < -0.39 is 5.54 Å². The maximum absolute atomic E-state index is 12.1. The van der Waals surface area contributed by atoms with Crippen molar-refractivity contribution >= 4 is 5.91 Å². The van der Waals surface area contributed by atoms with Gasteiger partial charge < -0.3 is 10.2 Å². The molecule has 0 atom stereocenters. The molecule has 1 heterocycles. The maximum atomic E-state index is 12.1. The third-order valence-corrected chi connectivity index (χ3v) is 2.80. The van der Waals surface area contributed by atoms with Gasteiger partial charge in [-0.05, 0) is 39.7 Å². The second-order valence-corrected chi connectivity index (χ2v) is 4.51. The van der Waals surface area contributed by atoms with E-state index in [9.17, 15) is 4.79 Å². The van der Waals surface area contributed by atoms with E-state index in [0.29, 0.717) is 0 Å². The molecule has 3 heteroatoms. The number of nitrogens with zero attached hydrogens (tertiary/aromatic N) is 1. The summed E-state index contributed by atoms with van der Waals surface area (Å²) in [5, 5.41) is 3.23. The second-order valence-electron chi connectivity index (χ2n) is 4.51. The van der Waals surface area contributed by atoms with Crippen LogP contribution in [-0.2, 0) is 4.79 Å². The molecule has 0 saturated carbocycles. The third kappa shape index (κ3) is 2.71. The van der Waals surface area contributed by atoms with Crippen LogP contribution in [0.2, 0.25) is 0 Å². The molecular formula is C11H22N2O. The maximum Gasteiger partial charge on any atom is 0.242 e. The summed E-state index contributed by atoms with van der Waals surface area (Å²) >= 11 is 0. The molecule has 3 nitrogen and oxygen atoms in total. The van der Waals surface area contributed by atoms with Crippen LogP contribution in [0.5, 0.6) is 0 Å². The minimum absolute atomic E-state index is 0.249. The van der Waals surface area contributed by atoms with Crippen molar-refractivity contribution in [2.45, 2.75) is 45.6 Å². The quantitative estimate of drug-likeness (QED) is 0.743. The van der Waals surface area contributed by atoms with E-state index in [4.69, 9.17) is 0 Å². The van der Waals surface area contributed by atoms with Crippen LogP contribution < -0.4 is 5.32 Å². The molecule has 0 radical (unpaired) electrons. The Labute approximate surface area is 86.9 Å². The summed E-state index contributed by atoms with van der Waals surface area (Å²) in [6, 6.07) is 0. The Hall–Kier alpha value is -0.570. The van der Waals surface area contributed by atoms with Crippen molar-refractivity contribution < 1.29 is 4.79 Å². The number of amides is 1. The van der Waals surface area contributed by atoms with Crippen molar-refractivity contribution in [2.24, 2.45) is 0 Å². The first-order chi connectivity index (χ1) is 6.58. The number of piperidine rings is 1. The third-order valence-electron chi connectivity index (χ3n) is 2.80. The van der Waals surface area contributed by atoms with E-state index in [1.807, 2.05) is 25.7 Å². The van der Waals surface area contributed by atoms with Gasteiger partial charge in [-0.3, -0.25) is 4.79 Å². The van der Waals surface area contributed by atoms with Crippen LogP contribution >= 0.6 is 0 Å². The van der Waals surface area contributed by atoms with E-state index in [1.165, 1.54) is 6.42 Å². The van der Waals surface area contributed by atoms with Gasteiger partial charge in [0.05, 0.1) is 5.54 Å². The van der Waals surface area contributed by atoms with E-state index in [1.54, 1.807) is 0 Å². The summed E-state index contributed by atoms with van der Waals surface area (Å²) in [7, 11) is 0. The first-order valence-electron chi connectivity index (χ1n) is 5.62. The zero-order valence-corrected chi connectivity index (χ0v) is 9.60. The predicted octanol–water partition coefficient (Wildman–Crippen LogP) is 1.39. The SMILES string of the molecule is CCNC(C)(C)C(=O)N1CCCCC1. The van der Waals surface area contributed by atoms with Gasteiger partial charge in [-0.15, -0.1) is 0 Å². The fraction of sp³-hybridized carbons (Fsp3) is 0.909. The second kappa shape index (κ2) is 4.78. The zero-order chi connectivity index (χ0) is 10.6. The number of likely N-dealkylation sites (tertiary alicyclic amines) is 1. The van der Waals surface area contributed by atoms with Crippen molar-refractivity contribution in [1.29, 1.82) is 0 Å². The first-order valence-corrected chi connectivity index (χ1v) is 5.62. The molecule has 1 aliphatic heterocycles. The van der Waals surface area contributed by atoms with Gasteiger partial charge in [0.25, 0.3) is 0 Å². The monoisotopic (exact) mass is 198 g/mol. The fourth-order valence-electron chi connectivity index (χ4n) is 2.01. The lowest BCUT2D eigenvalue weighted by Crippen LogP contribution is -2.55. The zero-order valence-electron chi connectivity index (χ0n) is 9.60. The van der Waals surface area contributed by atoms with Crippen molar-refractivity contribution in [2.75, 3.05) is 19.6 Å². The lowest BCUT2D eigenvalue weighted by molar-refractivity contribution is -0.138. The van der Waals surface area contributed by atoms with Crippen LogP contribution in [0.3, 0.4) is 0 Å². The molecule has 0 bridgehead atoms. The average Bonchev–Trinajstić information content (AvgIpc) is 2.18. The summed E-state index contributed by atoms with van der Waals surface area (Å²) in [6.07, 6.45) is 3.59. The molecule has 14 heavy (non-hydrogen) atoms. The summed E-state index contributed by atoms with van der Waals surface area (Å²) in [5.41, 5.74) is -0.397. The van der Waals surface area contributed by atoms with Gasteiger partial charge in [-0.1, -0.05) is 6.92 Å². The number of likely N-dealkylation sites (N-methyl/N-ethyl adjacent to an activating group) is 1. The smallest absolute Gasteiger partial charge is 0.242 e. The number of carbonyl (C=O) groups is 1. The molecule has 1 aliphatic rings. The Balaban J connectivity index is 2.53. The van der Waals surface area contributed by atoms with E-state index in [2.05, 4.69) is 5.32 Å². The minimum atomic E-state index is -0.397. The molecule has 0 aromatic rings. The lowest BCUT2D eigenvalue weighted by atomic mass is 10.0. The Bertz CT molecular complexity index is 195. The van der Waals surface area contributed by atoms with Crippen molar-refractivity contribution in [1.82, 2.24) is 10.2 Å². The van der Waals surface area contributed by atoms with E-state index in [-0.39, 0.29) is 5.91 Å². The number of hydrogen-bond acceptors (Lipinski definition) is 2. The lowest BCUT2D eigenvalue weighted by Gasteiger charge is -2.34. The standard InChI is InChI=1S/C11H22N2O/c1-4-12-11(2,3)10(14)13-8-6-5-7-9-13/h12H,4-9H2,1-3H3. The summed E-state index contributed by atoms with van der Waals surface area (Å²) in [5.74, 6) is 0.249. The predicted molar refractivity (Wildman–Crippen MR) is 58.2 cm³/mol. The molecule has 1 N–H and O–H groups in total. The van der Waals surface area contributed by atoms with Gasteiger partial charge in [-0.2, -0.15) is 0 Å². The Morgan fingerprint density at radius 2 is 1.86 bits per heavy atom. The van der Waals surface area contributed by atoms with Gasteiger partial charge in [0, 0.05) is 13.1 Å². The van der Waals surface area contributed by atoms with Crippen molar-refractivity contribution in [3.63, 3.8) is 0 Å². The Morgan fingerprint density at radius 1 is 1.29 bits per heavy atom. The molecule has 0 spiro atoms. The topological polar surface area (TPSA) is 32.3 Å². The molecule has 0 aromatic carbocycles. The molecule has 0 unspecified atom stereocenters.